The Morgan fingerprint density at radius 2 is 1.68 bits per heavy atom. The van der Waals surface area contributed by atoms with Gasteiger partial charge in [-0.2, -0.15) is 0 Å². The number of aliphatic carboxylic acids is 2. The number of hydrogen-bond donors (Lipinski definition) is 2. The van der Waals surface area contributed by atoms with Crippen LogP contribution in [0.1, 0.15) is 23.5 Å². The highest BCUT2D eigenvalue weighted by atomic mass is 16.5. The first kappa shape index (κ1) is 21.1. The van der Waals surface area contributed by atoms with E-state index in [-0.39, 0.29) is 5.92 Å². The number of hydrogen-bond acceptors (Lipinski definition) is 4. The van der Waals surface area contributed by atoms with E-state index in [0.29, 0.717) is 12.3 Å². The predicted octanol–water partition coefficient (Wildman–Crippen LogP) is 3.64. The number of carboxylic acid groups (broad SMARTS) is 2. The third-order valence-corrected chi connectivity index (χ3v) is 6.57. The van der Waals surface area contributed by atoms with Crippen LogP contribution in [0, 0.1) is 17.8 Å². The second-order valence-corrected chi connectivity index (χ2v) is 8.35. The van der Waals surface area contributed by atoms with Crippen LogP contribution in [0.2, 0.25) is 0 Å². The fraction of sp³-hybridized carbons (Fsp3) is 0.360. The average Bonchev–Trinajstić information content (AvgIpc) is 2.78. The van der Waals surface area contributed by atoms with E-state index in [4.69, 9.17) is 4.74 Å². The van der Waals surface area contributed by atoms with Crippen molar-refractivity contribution in [3.8, 4) is 5.75 Å². The molecule has 1 aliphatic carbocycles. The number of ether oxygens (including phenoxy) is 1. The molecule has 0 saturated carbocycles. The third kappa shape index (κ3) is 4.35. The number of benzene rings is 2. The van der Waals surface area contributed by atoms with E-state index in [0.717, 1.165) is 30.6 Å². The molecule has 0 radical (unpaired) electrons. The molecule has 1 saturated heterocycles. The second kappa shape index (κ2) is 8.94. The van der Waals surface area contributed by atoms with Gasteiger partial charge in [0.05, 0.1) is 18.9 Å². The summed E-state index contributed by atoms with van der Waals surface area (Å²) in [5.41, 5.74) is 3.04. The Hall–Kier alpha value is -3.12. The van der Waals surface area contributed by atoms with Gasteiger partial charge in [-0.05, 0) is 29.7 Å². The first-order chi connectivity index (χ1) is 15.0. The summed E-state index contributed by atoms with van der Waals surface area (Å²) < 4.78 is 5.21. The van der Waals surface area contributed by atoms with Gasteiger partial charge in [-0.25, -0.2) is 0 Å². The zero-order valence-electron chi connectivity index (χ0n) is 17.5. The minimum atomic E-state index is -1.07. The Labute approximate surface area is 181 Å². The summed E-state index contributed by atoms with van der Waals surface area (Å²) in [6.45, 7) is 2.12. The van der Waals surface area contributed by atoms with Crippen LogP contribution in [0.4, 0.5) is 0 Å². The Kier molecular flexibility index (Phi) is 6.09. The second-order valence-electron chi connectivity index (χ2n) is 8.35. The number of likely N-dealkylation sites (tertiary alicyclic amines) is 1. The minimum absolute atomic E-state index is 0.300. The summed E-state index contributed by atoms with van der Waals surface area (Å²) in [6, 6.07) is 17.3. The lowest BCUT2D eigenvalue weighted by atomic mass is 9.63. The number of methoxy groups -OCH3 is 1. The van der Waals surface area contributed by atoms with Gasteiger partial charge in [0, 0.05) is 31.5 Å². The molecular formula is C25H27NO5. The fourth-order valence-electron chi connectivity index (χ4n) is 5.07. The zero-order valence-corrected chi connectivity index (χ0v) is 17.5. The molecule has 4 atom stereocenters. The first-order valence-electron chi connectivity index (χ1n) is 10.5. The molecule has 162 valence electrons. The van der Waals surface area contributed by atoms with Crippen LogP contribution in [0.15, 0.2) is 66.2 Å². The summed E-state index contributed by atoms with van der Waals surface area (Å²) in [5.74, 6) is -4.19. The van der Waals surface area contributed by atoms with Crippen molar-refractivity contribution in [1.29, 1.82) is 0 Å². The molecule has 1 heterocycles. The van der Waals surface area contributed by atoms with E-state index < -0.39 is 29.7 Å². The monoisotopic (exact) mass is 421 g/mol. The Morgan fingerprint density at radius 1 is 1.00 bits per heavy atom. The van der Waals surface area contributed by atoms with Crippen LogP contribution in [0.25, 0.3) is 0 Å². The van der Waals surface area contributed by atoms with Crippen LogP contribution < -0.4 is 4.74 Å². The Bertz CT molecular complexity index is 969. The van der Waals surface area contributed by atoms with Crippen LogP contribution in [0.5, 0.6) is 5.75 Å². The van der Waals surface area contributed by atoms with Gasteiger partial charge < -0.3 is 14.9 Å². The van der Waals surface area contributed by atoms with Crippen molar-refractivity contribution in [2.24, 2.45) is 17.8 Å². The van der Waals surface area contributed by atoms with Gasteiger partial charge in [0.1, 0.15) is 5.75 Å². The van der Waals surface area contributed by atoms with Gasteiger partial charge in [0.25, 0.3) is 0 Å². The number of carbonyl (C=O) groups is 2. The van der Waals surface area contributed by atoms with Crippen molar-refractivity contribution in [2.75, 3.05) is 20.2 Å². The summed E-state index contributed by atoms with van der Waals surface area (Å²) >= 11 is 0. The molecule has 1 fully saturated rings. The lowest BCUT2D eigenvalue weighted by Gasteiger charge is -2.44. The smallest absolute Gasteiger partial charge is 0.308 e. The summed E-state index contributed by atoms with van der Waals surface area (Å²) in [6.07, 6.45) is 2.77. The molecule has 0 bridgehead atoms. The Morgan fingerprint density at radius 3 is 2.29 bits per heavy atom. The molecule has 4 rings (SSSR count). The summed E-state index contributed by atoms with van der Waals surface area (Å²) in [7, 11) is 1.58. The number of fused-ring (bicyclic) bond motifs is 1. The largest absolute Gasteiger partial charge is 0.497 e. The van der Waals surface area contributed by atoms with Crippen molar-refractivity contribution in [1.82, 2.24) is 4.90 Å². The summed E-state index contributed by atoms with van der Waals surface area (Å²) in [4.78, 5) is 26.9. The maximum atomic E-state index is 12.3. The molecule has 6 nitrogen and oxygen atoms in total. The van der Waals surface area contributed by atoms with Crippen molar-refractivity contribution < 1.29 is 24.5 Å². The lowest BCUT2D eigenvalue weighted by molar-refractivity contribution is -0.157. The SMILES string of the molecule is COc1ccc(C2C=C3CCN(Cc4ccccc4)CC3C(C(=O)O)C2C(=O)O)cc1. The van der Waals surface area contributed by atoms with E-state index >= 15 is 0 Å². The average molecular weight is 421 g/mol. The topological polar surface area (TPSA) is 87.1 Å². The number of allylic oxidation sites excluding steroid dienone is 1. The molecule has 31 heavy (non-hydrogen) atoms. The van der Waals surface area contributed by atoms with E-state index in [1.165, 1.54) is 5.56 Å². The highest BCUT2D eigenvalue weighted by molar-refractivity contribution is 5.82. The normalized spacial score (nSPS) is 25.9. The maximum Gasteiger partial charge on any atom is 0.308 e. The van der Waals surface area contributed by atoms with E-state index in [9.17, 15) is 19.8 Å². The molecule has 2 aromatic carbocycles. The number of piperidine rings is 1. The van der Waals surface area contributed by atoms with Crippen LogP contribution in [-0.4, -0.2) is 47.3 Å². The molecular weight excluding hydrogens is 394 g/mol. The molecule has 4 unspecified atom stereocenters. The van der Waals surface area contributed by atoms with Gasteiger partial charge in [0.15, 0.2) is 0 Å². The summed E-state index contributed by atoms with van der Waals surface area (Å²) in [5, 5.41) is 20.1. The standard InChI is InChI=1S/C25H27NO5/c1-31-19-9-7-17(8-10-19)20-13-18-11-12-26(14-16-5-3-2-4-6-16)15-21(18)23(25(29)30)22(20)24(27)28/h2-10,13,20-23H,11-12,14-15H2,1H3,(H,27,28)(H,29,30). The van der Waals surface area contributed by atoms with Gasteiger partial charge in [-0.15, -0.1) is 0 Å². The molecule has 2 aromatic rings. The van der Waals surface area contributed by atoms with Gasteiger partial charge in [0.2, 0.25) is 0 Å². The highest BCUT2D eigenvalue weighted by Crippen LogP contribution is 2.46. The Balaban J connectivity index is 1.66. The lowest BCUT2D eigenvalue weighted by Crippen LogP contribution is -2.49. The predicted molar refractivity (Wildman–Crippen MR) is 116 cm³/mol. The highest BCUT2D eigenvalue weighted by Gasteiger charge is 2.49. The third-order valence-electron chi connectivity index (χ3n) is 6.57. The van der Waals surface area contributed by atoms with Crippen LogP contribution >= 0.6 is 0 Å². The molecule has 0 aromatic heterocycles. The van der Waals surface area contributed by atoms with Gasteiger partial charge in [-0.1, -0.05) is 54.1 Å². The number of carboxylic acids is 2. The van der Waals surface area contributed by atoms with Crippen molar-refractivity contribution >= 4 is 11.9 Å². The van der Waals surface area contributed by atoms with Crippen molar-refractivity contribution in [3.05, 3.63) is 77.4 Å². The fourth-order valence-corrected chi connectivity index (χ4v) is 5.07. The molecule has 1 aliphatic heterocycles. The van der Waals surface area contributed by atoms with Crippen molar-refractivity contribution in [3.63, 3.8) is 0 Å². The molecule has 2 aliphatic rings. The van der Waals surface area contributed by atoms with Gasteiger partial charge >= 0.3 is 11.9 Å². The van der Waals surface area contributed by atoms with E-state index in [1.54, 1.807) is 19.2 Å². The van der Waals surface area contributed by atoms with Crippen molar-refractivity contribution in [2.45, 2.75) is 18.9 Å². The van der Waals surface area contributed by atoms with E-state index in [1.807, 2.05) is 36.4 Å². The maximum absolute atomic E-state index is 12.3. The molecule has 0 amide bonds. The first-order valence-corrected chi connectivity index (χ1v) is 10.5. The van der Waals surface area contributed by atoms with Crippen LogP contribution in [0.3, 0.4) is 0 Å². The molecule has 6 heteroatoms. The minimum Gasteiger partial charge on any atom is -0.497 e. The number of rotatable bonds is 6. The molecule has 0 spiro atoms. The molecule has 2 N–H and O–H groups in total. The quantitative estimate of drug-likeness (QED) is 0.693. The number of nitrogens with zero attached hydrogens (tertiary/aromatic N) is 1. The van der Waals surface area contributed by atoms with E-state index in [2.05, 4.69) is 17.0 Å². The zero-order chi connectivity index (χ0) is 22.0. The van der Waals surface area contributed by atoms with Crippen LogP contribution in [-0.2, 0) is 16.1 Å². The van der Waals surface area contributed by atoms with Gasteiger partial charge in [-0.3, -0.25) is 14.5 Å².